The Balaban J connectivity index is 0.000000505. The molecule has 0 unspecified atom stereocenters. The van der Waals surface area contributed by atoms with Gasteiger partial charge in [-0.15, -0.1) is 0 Å². The molecule has 0 saturated carbocycles. The van der Waals surface area contributed by atoms with Crippen molar-refractivity contribution in [3.05, 3.63) is 75.7 Å². The first-order chi connectivity index (χ1) is 17.6. The van der Waals surface area contributed by atoms with Crippen LogP contribution in [0.2, 0.25) is 0 Å². The Hall–Kier alpha value is -3.69. The highest BCUT2D eigenvalue weighted by atomic mass is 19.4. The van der Waals surface area contributed by atoms with Gasteiger partial charge in [-0.3, -0.25) is 0 Å². The topological polar surface area (TPSA) is 78.4 Å². The fraction of sp³-hybridized carbons (Fsp3) is 0.393. The molecule has 1 aromatic heterocycles. The van der Waals surface area contributed by atoms with Gasteiger partial charge in [-0.1, -0.05) is 29.8 Å². The molecule has 2 heterocycles. The summed E-state index contributed by atoms with van der Waals surface area (Å²) in [6, 6.07) is 11.2. The van der Waals surface area contributed by atoms with E-state index in [4.69, 9.17) is 19.9 Å². The molecule has 4 rings (SSSR count). The Morgan fingerprint density at radius 1 is 1.03 bits per heavy atom. The second kappa shape index (κ2) is 11.0. The van der Waals surface area contributed by atoms with E-state index in [-0.39, 0.29) is 11.4 Å². The summed E-state index contributed by atoms with van der Waals surface area (Å²) in [6.07, 6.45) is -3.33. The summed E-state index contributed by atoms with van der Waals surface area (Å²) in [5.41, 5.74) is 7.90. The number of carbonyl (C=O) groups is 1. The second-order valence-electron chi connectivity index (χ2n) is 10.2. The third-order valence-electron chi connectivity index (χ3n) is 6.47. The molecular weight excluding hydrogens is 500 g/mol. The van der Waals surface area contributed by atoms with Crippen molar-refractivity contribution in [3.63, 3.8) is 0 Å². The fourth-order valence-electron chi connectivity index (χ4n) is 4.76. The lowest BCUT2D eigenvalue weighted by molar-refractivity contribution is -0.192. The van der Waals surface area contributed by atoms with E-state index in [1.807, 2.05) is 12.1 Å². The monoisotopic (exact) mass is 532 g/mol. The summed E-state index contributed by atoms with van der Waals surface area (Å²) in [6.45, 7) is 13.8. The van der Waals surface area contributed by atoms with Gasteiger partial charge in [0.2, 0.25) is 5.95 Å². The molecule has 3 aromatic rings. The van der Waals surface area contributed by atoms with Crippen molar-refractivity contribution in [3.8, 4) is 0 Å². The van der Waals surface area contributed by atoms with E-state index in [1.54, 1.807) is 0 Å². The van der Waals surface area contributed by atoms with E-state index in [0.29, 0.717) is 5.95 Å². The van der Waals surface area contributed by atoms with E-state index in [1.165, 1.54) is 34.4 Å². The van der Waals surface area contributed by atoms with E-state index in [2.05, 4.69) is 63.9 Å². The molecule has 1 aliphatic rings. The number of nitrogens with zero attached hydrogens (tertiary/aromatic N) is 3. The highest BCUT2D eigenvalue weighted by Crippen LogP contribution is 2.36. The first kappa shape index (κ1) is 28.9. The van der Waals surface area contributed by atoms with Gasteiger partial charge >= 0.3 is 12.1 Å². The number of aryl methyl sites for hydroxylation is 4. The smallest absolute Gasteiger partial charge is 0.475 e. The fourth-order valence-corrected chi connectivity index (χ4v) is 4.76. The van der Waals surface area contributed by atoms with Gasteiger partial charge in [0, 0.05) is 29.0 Å². The van der Waals surface area contributed by atoms with Gasteiger partial charge < -0.3 is 15.3 Å². The minimum atomic E-state index is -5.08. The van der Waals surface area contributed by atoms with Crippen molar-refractivity contribution in [1.29, 1.82) is 0 Å². The van der Waals surface area contributed by atoms with E-state index >= 15 is 0 Å². The second-order valence-corrected chi connectivity index (χ2v) is 10.2. The molecule has 0 fully saturated rings. The van der Waals surface area contributed by atoms with Crippen molar-refractivity contribution >= 4 is 23.4 Å². The number of hydrogen-bond donors (Lipinski definition) is 2. The van der Waals surface area contributed by atoms with Crippen LogP contribution in [0, 0.1) is 33.5 Å². The van der Waals surface area contributed by atoms with Gasteiger partial charge in [-0.05, 0) is 83.2 Å². The average Bonchev–Trinajstić information content (AvgIpc) is 3.23. The van der Waals surface area contributed by atoms with Gasteiger partial charge in [0.05, 0.1) is 0 Å². The number of halogens is 4. The average molecular weight is 533 g/mol. The normalized spacial score (nSPS) is 13.1. The Kier molecular flexibility index (Phi) is 8.33. The third kappa shape index (κ3) is 6.79. The number of anilines is 3. The summed E-state index contributed by atoms with van der Waals surface area (Å²) in [4.78, 5) is 21.0. The number of nitrogens with one attached hydrogen (secondary N) is 1. The molecule has 0 bridgehead atoms. The summed E-state index contributed by atoms with van der Waals surface area (Å²) in [5.74, 6) is -1.32. The zero-order chi connectivity index (χ0) is 28.4. The standard InChI is InChI=1S/C26H31FN4.C2HF3O2/c1-16-13-17(2)23(18(3)14-16)29-25-28-19(4)22-11-12-31(24(22)30-25)26(5,6)15-20-7-9-21(27)10-8-20;3-2(4,5)1(6)7/h7-10,13-14H,11-12,15H2,1-6H3,(H,28,29,30);(H,6,7). The van der Waals surface area contributed by atoms with E-state index < -0.39 is 12.1 Å². The zero-order valence-electron chi connectivity index (χ0n) is 22.3. The lowest BCUT2D eigenvalue weighted by Gasteiger charge is -2.37. The van der Waals surface area contributed by atoms with Gasteiger partial charge in [0.15, 0.2) is 0 Å². The molecule has 0 amide bonds. The van der Waals surface area contributed by atoms with Crippen LogP contribution in [0.15, 0.2) is 36.4 Å². The molecule has 2 N–H and O–H groups in total. The van der Waals surface area contributed by atoms with Crippen molar-refractivity contribution in [2.45, 2.75) is 66.1 Å². The van der Waals surface area contributed by atoms with Crippen LogP contribution in [0.25, 0.3) is 0 Å². The summed E-state index contributed by atoms with van der Waals surface area (Å²) < 4.78 is 45.1. The maximum Gasteiger partial charge on any atom is 0.490 e. The molecule has 38 heavy (non-hydrogen) atoms. The maximum atomic E-state index is 13.3. The molecule has 2 aromatic carbocycles. The van der Waals surface area contributed by atoms with Crippen LogP contribution in [0.3, 0.4) is 0 Å². The van der Waals surface area contributed by atoms with Crippen molar-refractivity contribution < 1.29 is 27.5 Å². The molecule has 0 saturated heterocycles. The van der Waals surface area contributed by atoms with Gasteiger partial charge in [0.25, 0.3) is 0 Å². The largest absolute Gasteiger partial charge is 0.490 e. The predicted octanol–water partition coefficient (Wildman–Crippen LogP) is 6.61. The highest BCUT2D eigenvalue weighted by molar-refractivity contribution is 5.73. The Morgan fingerprint density at radius 3 is 2.11 bits per heavy atom. The van der Waals surface area contributed by atoms with Crippen LogP contribution in [-0.4, -0.2) is 39.3 Å². The molecule has 6 nitrogen and oxygen atoms in total. The summed E-state index contributed by atoms with van der Waals surface area (Å²) >= 11 is 0. The molecule has 10 heteroatoms. The lowest BCUT2D eigenvalue weighted by atomic mass is 9.93. The predicted molar refractivity (Wildman–Crippen MR) is 140 cm³/mol. The summed E-state index contributed by atoms with van der Waals surface area (Å²) in [7, 11) is 0. The number of alkyl halides is 3. The van der Waals surface area contributed by atoms with Gasteiger partial charge in [0.1, 0.15) is 11.6 Å². The van der Waals surface area contributed by atoms with Crippen LogP contribution < -0.4 is 10.2 Å². The first-order valence-electron chi connectivity index (χ1n) is 12.1. The number of aromatic nitrogens is 2. The van der Waals surface area contributed by atoms with Crippen LogP contribution in [0.1, 0.15) is 47.4 Å². The third-order valence-corrected chi connectivity index (χ3v) is 6.47. The lowest BCUT2D eigenvalue weighted by Crippen LogP contribution is -2.45. The minimum absolute atomic E-state index is 0.156. The van der Waals surface area contributed by atoms with Gasteiger partial charge in [-0.2, -0.15) is 18.2 Å². The number of benzene rings is 2. The molecular formula is C28H32F4N4O2. The minimum Gasteiger partial charge on any atom is -0.475 e. The number of rotatable bonds is 5. The van der Waals surface area contributed by atoms with Crippen molar-refractivity contribution in [2.75, 3.05) is 16.8 Å². The van der Waals surface area contributed by atoms with E-state index in [0.717, 1.165) is 42.1 Å². The van der Waals surface area contributed by atoms with Crippen LogP contribution in [-0.2, 0) is 17.6 Å². The SMILES string of the molecule is Cc1cc(C)c(Nc2nc(C)c3c(n2)N(C(C)(C)Cc2ccc(F)cc2)CC3)c(C)c1.O=C(O)C(F)(F)F. The number of aliphatic carboxylic acids is 1. The molecule has 0 radical (unpaired) electrons. The van der Waals surface area contributed by atoms with Crippen LogP contribution >= 0.6 is 0 Å². The Morgan fingerprint density at radius 2 is 1.58 bits per heavy atom. The Bertz CT molecular complexity index is 1300. The quantitative estimate of drug-likeness (QED) is 0.360. The van der Waals surface area contributed by atoms with Crippen LogP contribution in [0.4, 0.5) is 35.0 Å². The first-order valence-corrected chi connectivity index (χ1v) is 12.1. The number of fused-ring (bicyclic) bond motifs is 1. The van der Waals surface area contributed by atoms with Crippen molar-refractivity contribution in [2.24, 2.45) is 0 Å². The molecule has 0 aliphatic carbocycles. The van der Waals surface area contributed by atoms with E-state index in [9.17, 15) is 17.6 Å². The molecule has 0 spiro atoms. The Labute approximate surface area is 219 Å². The molecule has 204 valence electrons. The highest BCUT2D eigenvalue weighted by Gasteiger charge is 2.38. The number of hydrogen-bond acceptors (Lipinski definition) is 5. The summed E-state index contributed by atoms with van der Waals surface area (Å²) in [5, 5.41) is 10.6. The zero-order valence-corrected chi connectivity index (χ0v) is 22.3. The van der Waals surface area contributed by atoms with Crippen LogP contribution in [0.5, 0.6) is 0 Å². The number of carboxylic acids is 1. The maximum absolute atomic E-state index is 13.3. The van der Waals surface area contributed by atoms with Crippen molar-refractivity contribution in [1.82, 2.24) is 9.97 Å². The number of carboxylic acid groups (broad SMARTS) is 1. The van der Waals surface area contributed by atoms with Gasteiger partial charge in [-0.25, -0.2) is 14.2 Å². The molecule has 1 aliphatic heterocycles. The molecule has 0 atom stereocenters.